The standard InChI is InChI=1S/C19H14ClNO2S/c20-13-5-3-4-12(10-13)8-9-16(22)18-15-11-24-17-7-2-1-6-14(17)19(15)23-21-18/h1-7,10H,8-9,11H2. The Hall–Kier alpha value is -2.04. The van der Waals surface area contributed by atoms with E-state index in [1.807, 2.05) is 42.5 Å². The number of Topliss-reactive ketones (excluding diaryl/α,β-unsaturated/α-hetero) is 1. The van der Waals surface area contributed by atoms with Crippen LogP contribution in [0, 0.1) is 0 Å². The minimum Gasteiger partial charge on any atom is -0.355 e. The molecule has 2 aromatic carbocycles. The van der Waals surface area contributed by atoms with E-state index in [-0.39, 0.29) is 5.78 Å². The Labute approximate surface area is 149 Å². The molecule has 0 radical (unpaired) electrons. The zero-order chi connectivity index (χ0) is 16.5. The van der Waals surface area contributed by atoms with E-state index >= 15 is 0 Å². The van der Waals surface area contributed by atoms with Crippen molar-refractivity contribution in [3.8, 4) is 11.3 Å². The van der Waals surface area contributed by atoms with Crippen molar-refractivity contribution in [2.45, 2.75) is 23.5 Å². The molecule has 0 saturated heterocycles. The molecule has 4 rings (SSSR count). The third kappa shape index (κ3) is 2.87. The van der Waals surface area contributed by atoms with Crippen molar-refractivity contribution in [1.29, 1.82) is 0 Å². The number of carbonyl (C=O) groups is 1. The van der Waals surface area contributed by atoms with Gasteiger partial charge in [-0.1, -0.05) is 41.0 Å². The molecular weight excluding hydrogens is 342 g/mol. The molecule has 1 aliphatic heterocycles. The minimum atomic E-state index is 0.0138. The molecule has 120 valence electrons. The van der Waals surface area contributed by atoms with Crippen molar-refractivity contribution in [3.05, 3.63) is 70.4 Å². The van der Waals surface area contributed by atoms with Crippen molar-refractivity contribution < 1.29 is 9.32 Å². The second kappa shape index (κ2) is 6.46. The van der Waals surface area contributed by atoms with Crippen LogP contribution < -0.4 is 0 Å². The van der Waals surface area contributed by atoms with Crippen molar-refractivity contribution in [2.75, 3.05) is 0 Å². The van der Waals surface area contributed by atoms with E-state index in [4.69, 9.17) is 16.1 Å². The zero-order valence-corrected chi connectivity index (χ0v) is 14.4. The molecule has 0 saturated carbocycles. The summed E-state index contributed by atoms with van der Waals surface area (Å²) in [4.78, 5) is 13.7. The van der Waals surface area contributed by atoms with Crippen molar-refractivity contribution >= 4 is 29.1 Å². The van der Waals surface area contributed by atoms with E-state index in [0.717, 1.165) is 22.5 Å². The van der Waals surface area contributed by atoms with Crippen LogP contribution in [-0.2, 0) is 12.2 Å². The third-order valence-electron chi connectivity index (χ3n) is 4.09. The summed E-state index contributed by atoms with van der Waals surface area (Å²) in [6.07, 6.45) is 1.04. The molecule has 0 spiro atoms. The Morgan fingerprint density at radius 2 is 2.08 bits per heavy atom. The summed E-state index contributed by atoms with van der Waals surface area (Å²) in [5, 5.41) is 4.75. The predicted octanol–water partition coefficient (Wildman–Crippen LogP) is 5.42. The topological polar surface area (TPSA) is 43.1 Å². The first-order chi connectivity index (χ1) is 11.7. The van der Waals surface area contributed by atoms with Gasteiger partial charge in [-0.05, 0) is 36.2 Å². The zero-order valence-electron chi connectivity index (χ0n) is 12.8. The predicted molar refractivity (Wildman–Crippen MR) is 95.6 cm³/mol. The molecule has 3 nitrogen and oxygen atoms in total. The maximum Gasteiger partial charge on any atom is 0.185 e. The van der Waals surface area contributed by atoms with Gasteiger partial charge in [0.25, 0.3) is 0 Å². The number of ketones is 1. The van der Waals surface area contributed by atoms with Gasteiger partial charge in [0.2, 0.25) is 0 Å². The van der Waals surface area contributed by atoms with Gasteiger partial charge in [0.05, 0.1) is 0 Å². The highest BCUT2D eigenvalue weighted by molar-refractivity contribution is 7.98. The summed E-state index contributed by atoms with van der Waals surface area (Å²) >= 11 is 7.70. The minimum absolute atomic E-state index is 0.0138. The maximum atomic E-state index is 12.6. The lowest BCUT2D eigenvalue weighted by Crippen LogP contribution is -2.06. The Morgan fingerprint density at radius 3 is 2.96 bits per heavy atom. The van der Waals surface area contributed by atoms with E-state index in [2.05, 4.69) is 11.2 Å². The van der Waals surface area contributed by atoms with Crippen molar-refractivity contribution in [3.63, 3.8) is 0 Å². The molecule has 5 heteroatoms. The van der Waals surface area contributed by atoms with E-state index in [1.165, 1.54) is 4.90 Å². The van der Waals surface area contributed by atoms with Gasteiger partial charge in [-0.2, -0.15) is 0 Å². The summed E-state index contributed by atoms with van der Waals surface area (Å²) in [7, 11) is 0. The van der Waals surface area contributed by atoms with Gasteiger partial charge in [0.15, 0.2) is 17.2 Å². The summed E-state index contributed by atoms with van der Waals surface area (Å²) in [5.41, 5.74) is 3.45. The maximum absolute atomic E-state index is 12.6. The number of aromatic nitrogens is 1. The lowest BCUT2D eigenvalue weighted by molar-refractivity contribution is 0.0973. The lowest BCUT2D eigenvalue weighted by Gasteiger charge is -2.13. The molecule has 0 aliphatic carbocycles. The highest BCUT2D eigenvalue weighted by Crippen LogP contribution is 2.42. The fraction of sp³-hybridized carbons (Fsp3) is 0.158. The van der Waals surface area contributed by atoms with E-state index in [0.29, 0.717) is 29.3 Å². The van der Waals surface area contributed by atoms with Gasteiger partial charge in [-0.15, -0.1) is 11.8 Å². The molecule has 2 heterocycles. The summed E-state index contributed by atoms with van der Waals surface area (Å²) in [5.74, 6) is 1.46. The Kier molecular flexibility index (Phi) is 4.17. The van der Waals surface area contributed by atoms with Crippen LogP contribution in [0.5, 0.6) is 0 Å². The number of hydrogen-bond acceptors (Lipinski definition) is 4. The Bertz CT molecular complexity index is 919. The average Bonchev–Trinajstić information content (AvgIpc) is 3.04. The van der Waals surface area contributed by atoms with Gasteiger partial charge in [-0.25, -0.2) is 0 Å². The van der Waals surface area contributed by atoms with Crippen LogP contribution in [0.4, 0.5) is 0 Å². The SMILES string of the molecule is O=C(CCc1cccc(Cl)c1)c1noc2c1CSc1ccccc1-2. The lowest BCUT2D eigenvalue weighted by atomic mass is 10.0. The van der Waals surface area contributed by atoms with E-state index < -0.39 is 0 Å². The van der Waals surface area contributed by atoms with Crippen molar-refractivity contribution in [1.82, 2.24) is 5.16 Å². The number of carbonyl (C=O) groups excluding carboxylic acids is 1. The molecule has 3 aromatic rings. The first kappa shape index (κ1) is 15.5. The molecule has 0 amide bonds. The van der Waals surface area contributed by atoms with Crippen LogP contribution in [0.15, 0.2) is 57.9 Å². The first-order valence-electron chi connectivity index (χ1n) is 7.71. The molecular formula is C19H14ClNO2S. The quantitative estimate of drug-likeness (QED) is 0.586. The van der Waals surface area contributed by atoms with Gasteiger partial charge >= 0.3 is 0 Å². The molecule has 1 aliphatic rings. The fourth-order valence-corrected chi connectivity index (χ4v) is 4.14. The molecule has 0 fully saturated rings. The average molecular weight is 356 g/mol. The van der Waals surface area contributed by atoms with Crippen LogP contribution in [-0.4, -0.2) is 10.9 Å². The molecule has 0 bridgehead atoms. The summed E-state index contributed by atoms with van der Waals surface area (Å²) < 4.78 is 5.50. The monoisotopic (exact) mass is 355 g/mol. The van der Waals surface area contributed by atoms with Gasteiger partial charge in [0.1, 0.15) is 0 Å². The third-order valence-corrected chi connectivity index (χ3v) is 5.42. The highest BCUT2D eigenvalue weighted by atomic mass is 35.5. The van der Waals surface area contributed by atoms with Gasteiger partial charge in [-0.3, -0.25) is 4.79 Å². The smallest absolute Gasteiger partial charge is 0.185 e. The Balaban J connectivity index is 1.56. The number of halogens is 1. The summed E-state index contributed by atoms with van der Waals surface area (Å²) in [6.45, 7) is 0. The molecule has 0 atom stereocenters. The van der Waals surface area contributed by atoms with Gasteiger partial charge in [0, 0.05) is 33.2 Å². The van der Waals surface area contributed by atoms with Gasteiger partial charge < -0.3 is 4.52 Å². The molecule has 24 heavy (non-hydrogen) atoms. The van der Waals surface area contributed by atoms with Crippen LogP contribution in [0.25, 0.3) is 11.3 Å². The number of thioether (sulfide) groups is 1. The number of fused-ring (bicyclic) bond motifs is 3. The Morgan fingerprint density at radius 1 is 1.21 bits per heavy atom. The fourth-order valence-electron chi connectivity index (χ4n) is 2.87. The number of hydrogen-bond donors (Lipinski definition) is 0. The highest BCUT2D eigenvalue weighted by Gasteiger charge is 2.27. The second-order valence-corrected chi connectivity index (χ2v) is 7.13. The number of rotatable bonds is 4. The van der Waals surface area contributed by atoms with Crippen LogP contribution in [0.1, 0.15) is 28.0 Å². The largest absolute Gasteiger partial charge is 0.355 e. The molecule has 0 unspecified atom stereocenters. The first-order valence-corrected chi connectivity index (χ1v) is 9.07. The van der Waals surface area contributed by atoms with Crippen molar-refractivity contribution in [2.24, 2.45) is 0 Å². The van der Waals surface area contributed by atoms with E-state index in [9.17, 15) is 4.79 Å². The summed E-state index contributed by atoms with van der Waals surface area (Å²) in [6, 6.07) is 15.6. The van der Waals surface area contributed by atoms with Crippen LogP contribution in [0.3, 0.4) is 0 Å². The second-order valence-electron chi connectivity index (χ2n) is 5.68. The molecule has 1 aromatic heterocycles. The van der Waals surface area contributed by atoms with Crippen LogP contribution >= 0.6 is 23.4 Å². The number of nitrogens with zero attached hydrogens (tertiary/aromatic N) is 1. The van der Waals surface area contributed by atoms with Crippen LogP contribution in [0.2, 0.25) is 5.02 Å². The molecule has 0 N–H and O–H groups in total. The number of aryl methyl sites for hydroxylation is 1. The normalized spacial score (nSPS) is 12.5. The number of benzene rings is 2. The van der Waals surface area contributed by atoms with E-state index in [1.54, 1.807) is 11.8 Å².